The van der Waals surface area contributed by atoms with Crippen LogP contribution in [-0.4, -0.2) is 6.54 Å². The number of hydrogen-bond donors (Lipinski definition) is 1. The number of fused-ring (bicyclic) bond motifs is 3. The lowest BCUT2D eigenvalue weighted by Gasteiger charge is -2.13. The Hall–Kier alpha value is -1.60. The molecule has 0 amide bonds. The van der Waals surface area contributed by atoms with E-state index < -0.39 is 0 Å². The van der Waals surface area contributed by atoms with Crippen molar-refractivity contribution in [3.8, 4) is 11.1 Å². The zero-order valence-corrected chi connectivity index (χ0v) is 11.0. The molecular formula is C17H19N. The van der Waals surface area contributed by atoms with Crippen molar-refractivity contribution in [3.05, 3.63) is 58.7 Å². The quantitative estimate of drug-likeness (QED) is 0.845. The van der Waals surface area contributed by atoms with Crippen molar-refractivity contribution in [2.45, 2.75) is 26.2 Å². The molecule has 2 aromatic carbocycles. The molecule has 2 aromatic rings. The molecule has 92 valence electrons. The van der Waals surface area contributed by atoms with Gasteiger partial charge in [-0.1, -0.05) is 47.5 Å². The van der Waals surface area contributed by atoms with E-state index in [4.69, 9.17) is 5.73 Å². The number of rotatable bonds is 2. The van der Waals surface area contributed by atoms with Crippen LogP contribution in [-0.2, 0) is 0 Å². The van der Waals surface area contributed by atoms with Crippen molar-refractivity contribution in [1.29, 1.82) is 0 Å². The van der Waals surface area contributed by atoms with E-state index in [1.807, 2.05) is 0 Å². The zero-order chi connectivity index (χ0) is 12.7. The molecule has 0 saturated heterocycles. The summed E-state index contributed by atoms with van der Waals surface area (Å²) in [5.74, 6) is 0.486. The Morgan fingerprint density at radius 3 is 1.83 bits per heavy atom. The van der Waals surface area contributed by atoms with Crippen molar-refractivity contribution in [2.24, 2.45) is 5.73 Å². The van der Waals surface area contributed by atoms with Gasteiger partial charge in [0, 0.05) is 5.92 Å². The van der Waals surface area contributed by atoms with E-state index in [1.165, 1.54) is 33.4 Å². The average Bonchev–Trinajstić information content (AvgIpc) is 2.63. The van der Waals surface area contributed by atoms with Crippen LogP contribution in [0.25, 0.3) is 11.1 Å². The molecule has 0 radical (unpaired) electrons. The number of hydrogen-bond acceptors (Lipinski definition) is 1. The van der Waals surface area contributed by atoms with E-state index in [9.17, 15) is 0 Å². The molecule has 0 aliphatic heterocycles. The van der Waals surface area contributed by atoms with Gasteiger partial charge >= 0.3 is 0 Å². The summed E-state index contributed by atoms with van der Waals surface area (Å²) in [5.41, 5.74) is 14.2. The fourth-order valence-electron chi connectivity index (χ4n) is 3.08. The van der Waals surface area contributed by atoms with Crippen molar-refractivity contribution < 1.29 is 0 Å². The van der Waals surface area contributed by atoms with Crippen LogP contribution in [0.4, 0.5) is 0 Å². The molecule has 0 fully saturated rings. The predicted molar refractivity (Wildman–Crippen MR) is 76.9 cm³/mol. The molecule has 0 atom stereocenters. The van der Waals surface area contributed by atoms with Crippen LogP contribution in [0.1, 0.15) is 34.6 Å². The number of nitrogens with two attached hydrogens (primary N) is 1. The lowest BCUT2D eigenvalue weighted by Crippen LogP contribution is -2.06. The van der Waals surface area contributed by atoms with Gasteiger partial charge in [-0.05, 0) is 49.1 Å². The van der Waals surface area contributed by atoms with Gasteiger partial charge in [0.05, 0.1) is 0 Å². The monoisotopic (exact) mass is 237 g/mol. The second-order valence-electron chi connectivity index (χ2n) is 5.31. The molecule has 0 aromatic heterocycles. The summed E-state index contributed by atoms with van der Waals surface area (Å²) >= 11 is 0. The Balaban J connectivity index is 2.22. The minimum Gasteiger partial charge on any atom is -0.330 e. The molecule has 2 N–H and O–H groups in total. The molecule has 0 saturated carbocycles. The maximum absolute atomic E-state index is 5.80. The van der Waals surface area contributed by atoms with Gasteiger partial charge in [-0.25, -0.2) is 0 Å². The molecule has 18 heavy (non-hydrogen) atoms. The standard InChI is InChI=1S/C17H19N/c1-11-3-5-13-14-6-4-12(2)10-17(14)15(7-8-18)16(13)9-11/h3-6,9-10,15H,7-8,18H2,1-2H3. The first-order chi connectivity index (χ1) is 8.70. The van der Waals surface area contributed by atoms with Crippen LogP contribution < -0.4 is 5.73 Å². The topological polar surface area (TPSA) is 26.0 Å². The van der Waals surface area contributed by atoms with Crippen LogP contribution in [0.2, 0.25) is 0 Å². The molecule has 0 heterocycles. The fourth-order valence-corrected chi connectivity index (χ4v) is 3.08. The molecule has 1 nitrogen and oxygen atoms in total. The van der Waals surface area contributed by atoms with Crippen LogP contribution in [0.15, 0.2) is 36.4 Å². The first-order valence-corrected chi connectivity index (χ1v) is 6.62. The SMILES string of the molecule is Cc1ccc2c(c1)C(CCN)c1cc(C)ccc1-2. The highest BCUT2D eigenvalue weighted by atomic mass is 14.5. The maximum Gasteiger partial charge on any atom is 0.0114 e. The largest absolute Gasteiger partial charge is 0.330 e. The summed E-state index contributed by atoms with van der Waals surface area (Å²) < 4.78 is 0. The van der Waals surface area contributed by atoms with Crippen LogP contribution >= 0.6 is 0 Å². The minimum absolute atomic E-state index is 0.486. The Bertz CT molecular complexity index is 547. The van der Waals surface area contributed by atoms with Gasteiger partial charge in [0.25, 0.3) is 0 Å². The van der Waals surface area contributed by atoms with Gasteiger partial charge in [-0.3, -0.25) is 0 Å². The van der Waals surface area contributed by atoms with E-state index in [2.05, 4.69) is 50.2 Å². The van der Waals surface area contributed by atoms with Crippen LogP contribution in [0, 0.1) is 13.8 Å². The number of aryl methyl sites for hydroxylation is 2. The van der Waals surface area contributed by atoms with Crippen molar-refractivity contribution in [3.63, 3.8) is 0 Å². The van der Waals surface area contributed by atoms with Gasteiger partial charge in [-0.2, -0.15) is 0 Å². The van der Waals surface area contributed by atoms with Gasteiger partial charge < -0.3 is 5.73 Å². The van der Waals surface area contributed by atoms with Crippen molar-refractivity contribution >= 4 is 0 Å². The smallest absolute Gasteiger partial charge is 0.0114 e. The molecule has 1 heteroatoms. The summed E-state index contributed by atoms with van der Waals surface area (Å²) in [6.45, 7) is 5.06. The van der Waals surface area contributed by atoms with Crippen LogP contribution in [0.5, 0.6) is 0 Å². The first-order valence-electron chi connectivity index (χ1n) is 6.62. The second kappa shape index (κ2) is 4.25. The van der Waals surface area contributed by atoms with E-state index in [0.29, 0.717) is 5.92 Å². The molecule has 0 bridgehead atoms. The average molecular weight is 237 g/mol. The third-order valence-corrected chi connectivity index (χ3v) is 3.91. The highest BCUT2D eigenvalue weighted by Crippen LogP contribution is 2.46. The van der Waals surface area contributed by atoms with E-state index in [0.717, 1.165) is 13.0 Å². The normalized spacial score (nSPS) is 13.5. The minimum atomic E-state index is 0.486. The van der Waals surface area contributed by atoms with Gasteiger partial charge in [0.2, 0.25) is 0 Å². The molecule has 1 aliphatic rings. The molecule has 3 rings (SSSR count). The van der Waals surface area contributed by atoms with E-state index >= 15 is 0 Å². The summed E-state index contributed by atoms with van der Waals surface area (Å²) in [5, 5.41) is 0. The first kappa shape index (κ1) is 11.5. The maximum atomic E-state index is 5.80. The summed E-state index contributed by atoms with van der Waals surface area (Å²) in [4.78, 5) is 0. The van der Waals surface area contributed by atoms with Gasteiger partial charge in [0.15, 0.2) is 0 Å². The van der Waals surface area contributed by atoms with Crippen molar-refractivity contribution in [1.82, 2.24) is 0 Å². The third kappa shape index (κ3) is 1.67. The summed E-state index contributed by atoms with van der Waals surface area (Å²) in [7, 11) is 0. The predicted octanol–water partition coefficient (Wildman–Crippen LogP) is 3.76. The van der Waals surface area contributed by atoms with E-state index in [1.54, 1.807) is 0 Å². The molecule has 0 unspecified atom stereocenters. The van der Waals surface area contributed by atoms with E-state index in [-0.39, 0.29) is 0 Å². The molecule has 1 aliphatic carbocycles. The van der Waals surface area contributed by atoms with Crippen molar-refractivity contribution in [2.75, 3.05) is 6.54 Å². The lowest BCUT2D eigenvalue weighted by molar-refractivity contribution is 0.740. The zero-order valence-electron chi connectivity index (χ0n) is 11.0. The Labute approximate surface area is 109 Å². The fraction of sp³-hybridized carbons (Fsp3) is 0.294. The Morgan fingerprint density at radius 1 is 0.889 bits per heavy atom. The Kier molecular flexibility index (Phi) is 2.71. The van der Waals surface area contributed by atoms with Gasteiger partial charge in [-0.15, -0.1) is 0 Å². The van der Waals surface area contributed by atoms with Crippen LogP contribution in [0.3, 0.4) is 0 Å². The second-order valence-corrected chi connectivity index (χ2v) is 5.31. The molecular weight excluding hydrogens is 218 g/mol. The number of benzene rings is 2. The lowest BCUT2D eigenvalue weighted by atomic mass is 9.92. The van der Waals surface area contributed by atoms with Gasteiger partial charge in [0.1, 0.15) is 0 Å². The summed E-state index contributed by atoms with van der Waals surface area (Å²) in [6.07, 6.45) is 1.03. The highest BCUT2D eigenvalue weighted by Gasteiger charge is 2.27. The third-order valence-electron chi connectivity index (χ3n) is 3.91. The highest BCUT2D eigenvalue weighted by molar-refractivity contribution is 5.79. The molecule has 0 spiro atoms. The summed E-state index contributed by atoms with van der Waals surface area (Å²) in [6, 6.07) is 13.6. The Morgan fingerprint density at radius 2 is 1.39 bits per heavy atom.